The largest absolute Gasteiger partial charge is 1.00 e. The summed E-state index contributed by atoms with van der Waals surface area (Å²) in [5.41, 5.74) is 0.480. The number of hydrogen-bond donors (Lipinski definition) is 0. The first-order valence-corrected chi connectivity index (χ1v) is 4.20. The first kappa shape index (κ1) is 12.5. The van der Waals surface area contributed by atoms with E-state index in [0.717, 1.165) is 13.2 Å². The van der Waals surface area contributed by atoms with Crippen LogP contribution in [0.1, 0.15) is 20.3 Å². The normalized spacial score (nSPS) is 22.2. The van der Waals surface area contributed by atoms with Gasteiger partial charge in [0.05, 0.1) is 6.61 Å². The Morgan fingerprint density at radius 2 is 2.17 bits per heavy atom. The molecule has 0 atom stereocenters. The van der Waals surface area contributed by atoms with Crippen LogP contribution in [-0.2, 0) is 4.74 Å². The van der Waals surface area contributed by atoms with E-state index in [2.05, 4.69) is 25.3 Å². The molecule has 0 N–H and O–H groups in total. The summed E-state index contributed by atoms with van der Waals surface area (Å²) in [6.07, 6.45) is 1.21. The number of nitrogens with zero attached hydrogens (tertiary/aromatic N) is 1. The van der Waals surface area contributed by atoms with Crippen molar-refractivity contribution in [3.05, 3.63) is 6.54 Å². The second-order valence-corrected chi connectivity index (χ2v) is 4.01. The van der Waals surface area contributed by atoms with Gasteiger partial charge < -0.3 is 9.64 Å². The van der Waals surface area contributed by atoms with Crippen molar-refractivity contribution in [2.24, 2.45) is 5.41 Å². The molecule has 0 spiro atoms. The molecule has 3 heteroatoms. The van der Waals surface area contributed by atoms with Crippen molar-refractivity contribution in [3.8, 4) is 0 Å². The Morgan fingerprint density at radius 3 is 2.58 bits per heavy atom. The third-order valence-electron chi connectivity index (χ3n) is 2.12. The van der Waals surface area contributed by atoms with Crippen LogP contribution in [-0.4, -0.2) is 31.7 Å². The Kier molecular flexibility index (Phi) is 5.52. The van der Waals surface area contributed by atoms with Crippen molar-refractivity contribution < 1.29 is 23.6 Å². The molecule has 0 radical (unpaired) electrons. The van der Waals surface area contributed by atoms with Gasteiger partial charge in [-0.25, -0.2) is 0 Å². The number of hydrogen-bond acceptors (Lipinski definition) is 2. The third-order valence-corrected chi connectivity index (χ3v) is 2.12. The summed E-state index contributed by atoms with van der Waals surface area (Å²) < 4.78 is 5.01. The van der Waals surface area contributed by atoms with Gasteiger partial charge in [-0.2, -0.15) is 6.42 Å². The molecule has 1 heterocycles. The van der Waals surface area contributed by atoms with Crippen LogP contribution in [0, 0.1) is 12.0 Å². The molecule has 12 heavy (non-hydrogen) atoms. The van der Waals surface area contributed by atoms with E-state index in [0.29, 0.717) is 5.41 Å². The summed E-state index contributed by atoms with van der Waals surface area (Å²) in [5, 5.41) is 0. The van der Waals surface area contributed by atoms with Crippen LogP contribution in [0.3, 0.4) is 0 Å². The van der Waals surface area contributed by atoms with Crippen molar-refractivity contribution in [1.29, 1.82) is 0 Å². The quantitative estimate of drug-likeness (QED) is 0.372. The third kappa shape index (κ3) is 3.96. The number of rotatable bonds is 3. The van der Waals surface area contributed by atoms with Crippen LogP contribution < -0.4 is 18.9 Å². The molecule has 66 valence electrons. The molecular formula is C9H18LiNO. The van der Waals surface area contributed by atoms with Crippen molar-refractivity contribution in [2.45, 2.75) is 20.3 Å². The van der Waals surface area contributed by atoms with E-state index < -0.39 is 0 Å². The SMILES string of the molecule is COCCN1[CH-]CC(C)(C)C1.[Li+]. The maximum atomic E-state index is 5.01. The summed E-state index contributed by atoms with van der Waals surface area (Å²) in [5.74, 6) is 0. The fourth-order valence-electron chi connectivity index (χ4n) is 1.43. The van der Waals surface area contributed by atoms with Crippen molar-refractivity contribution >= 4 is 0 Å². The maximum Gasteiger partial charge on any atom is 1.00 e. The standard InChI is InChI=1S/C9H18NO.Li/c1-9(2)4-5-10(8-9)6-7-11-3;/h5H,4,6-8H2,1-3H3;/q-1;+1. The molecule has 2 nitrogen and oxygen atoms in total. The molecule has 0 bridgehead atoms. The predicted molar refractivity (Wildman–Crippen MR) is 46.1 cm³/mol. The van der Waals surface area contributed by atoms with E-state index in [1.807, 2.05) is 0 Å². The average molecular weight is 163 g/mol. The van der Waals surface area contributed by atoms with Gasteiger partial charge in [-0.1, -0.05) is 19.3 Å². The van der Waals surface area contributed by atoms with Crippen LogP contribution >= 0.6 is 0 Å². The molecule has 1 aliphatic heterocycles. The van der Waals surface area contributed by atoms with Gasteiger partial charge in [0.15, 0.2) is 0 Å². The fraction of sp³-hybridized carbons (Fsp3) is 0.889. The van der Waals surface area contributed by atoms with E-state index >= 15 is 0 Å². The van der Waals surface area contributed by atoms with Gasteiger partial charge in [0.1, 0.15) is 0 Å². The molecule has 0 aromatic heterocycles. The summed E-state index contributed by atoms with van der Waals surface area (Å²) >= 11 is 0. The minimum atomic E-state index is 0. The molecule has 0 aliphatic carbocycles. The average Bonchev–Trinajstić information content (AvgIpc) is 2.26. The second-order valence-electron chi connectivity index (χ2n) is 4.01. The van der Waals surface area contributed by atoms with E-state index in [1.54, 1.807) is 7.11 Å². The predicted octanol–water partition coefficient (Wildman–Crippen LogP) is -1.47. The molecule has 0 amide bonds. The molecule has 0 saturated carbocycles. The number of likely N-dealkylation sites (tertiary alicyclic amines) is 1. The summed E-state index contributed by atoms with van der Waals surface area (Å²) in [4.78, 5) is 2.35. The van der Waals surface area contributed by atoms with Crippen LogP contribution in [0.25, 0.3) is 0 Å². The van der Waals surface area contributed by atoms with Gasteiger partial charge in [-0.05, 0) is 13.1 Å². The zero-order valence-corrected chi connectivity index (χ0v) is 8.76. The Balaban J connectivity index is 0.00000121. The first-order valence-electron chi connectivity index (χ1n) is 4.20. The summed E-state index contributed by atoms with van der Waals surface area (Å²) in [6, 6.07) is 0. The Labute approximate surface area is 87.8 Å². The molecule has 1 aliphatic rings. The van der Waals surface area contributed by atoms with Gasteiger partial charge in [0.2, 0.25) is 0 Å². The molecule has 0 unspecified atom stereocenters. The van der Waals surface area contributed by atoms with Gasteiger partial charge in [0.25, 0.3) is 0 Å². The minimum absolute atomic E-state index is 0. The monoisotopic (exact) mass is 163 g/mol. The molecule has 0 aromatic rings. The molecular weight excluding hydrogens is 145 g/mol. The van der Waals surface area contributed by atoms with Gasteiger partial charge in [-0.15, -0.1) is 0 Å². The molecule has 1 saturated heterocycles. The van der Waals surface area contributed by atoms with E-state index in [9.17, 15) is 0 Å². The molecule has 1 rings (SSSR count). The van der Waals surface area contributed by atoms with Crippen molar-refractivity contribution in [2.75, 3.05) is 26.8 Å². The van der Waals surface area contributed by atoms with Gasteiger partial charge >= 0.3 is 18.9 Å². The minimum Gasteiger partial charge on any atom is -0.454 e. The van der Waals surface area contributed by atoms with Crippen molar-refractivity contribution in [1.82, 2.24) is 4.90 Å². The Morgan fingerprint density at radius 1 is 1.50 bits per heavy atom. The smallest absolute Gasteiger partial charge is 0.454 e. The van der Waals surface area contributed by atoms with Crippen molar-refractivity contribution in [3.63, 3.8) is 0 Å². The summed E-state index contributed by atoms with van der Waals surface area (Å²) in [7, 11) is 1.75. The van der Waals surface area contributed by atoms with Crippen LogP contribution in [0.15, 0.2) is 0 Å². The fourth-order valence-corrected chi connectivity index (χ4v) is 1.43. The Bertz CT molecular complexity index is 128. The zero-order chi connectivity index (χ0) is 8.32. The molecule has 1 fully saturated rings. The topological polar surface area (TPSA) is 12.5 Å². The van der Waals surface area contributed by atoms with E-state index in [-0.39, 0.29) is 18.9 Å². The van der Waals surface area contributed by atoms with Crippen LogP contribution in [0.4, 0.5) is 0 Å². The van der Waals surface area contributed by atoms with E-state index in [1.165, 1.54) is 13.0 Å². The first-order chi connectivity index (χ1) is 5.14. The second kappa shape index (κ2) is 5.29. The summed E-state index contributed by atoms with van der Waals surface area (Å²) in [6.45, 7) is 9.95. The van der Waals surface area contributed by atoms with E-state index in [4.69, 9.17) is 4.74 Å². The number of ether oxygens (including phenoxy) is 1. The molecule has 0 aromatic carbocycles. The number of methoxy groups -OCH3 is 1. The van der Waals surface area contributed by atoms with Crippen LogP contribution in [0.2, 0.25) is 0 Å². The van der Waals surface area contributed by atoms with Gasteiger partial charge in [-0.3, -0.25) is 6.54 Å². The maximum absolute atomic E-state index is 5.01. The Hall–Kier alpha value is 0.517. The zero-order valence-electron chi connectivity index (χ0n) is 8.76. The van der Waals surface area contributed by atoms with Crippen LogP contribution in [0.5, 0.6) is 0 Å². The van der Waals surface area contributed by atoms with Gasteiger partial charge in [0, 0.05) is 7.11 Å².